The molecule has 0 aliphatic rings. The van der Waals surface area contributed by atoms with Gasteiger partial charge in [-0.05, 0) is 25.5 Å². The number of nitrogens with one attached hydrogen (secondary N) is 1. The van der Waals surface area contributed by atoms with Gasteiger partial charge in [0.15, 0.2) is 0 Å². The number of carbonyl (C=O) groups is 1. The molecular weight excluding hydrogens is 356 g/mol. The van der Waals surface area contributed by atoms with Crippen LogP contribution in [-0.4, -0.2) is 40.0 Å². The van der Waals surface area contributed by atoms with Gasteiger partial charge in [-0.2, -0.15) is 0 Å². The van der Waals surface area contributed by atoms with E-state index in [1.54, 1.807) is 14.0 Å². The van der Waals surface area contributed by atoms with E-state index in [4.69, 9.17) is 4.42 Å². The van der Waals surface area contributed by atoms with E-state index in [1.807, 2.05) is 18.2 Å². The van der Waals surface area contributed by atoms with E-state index >= 15 is 0 Å². The number of benzene rings is 1. The lowest BCUT2D eigenvalue weighted by atomic mass is 10.1. The number of carbonyl (C=O) groups excluding carboxylic acids is 1. The molecule has 2 aromatic heterocycles. The summed E-state index contributed by atoms with van der Waals surface area (Å²) in [5.41, 5.74) is 1.47. The van der Waals surface area contributed by atoms with Crippen LogP contribution in [0.25, 0.3) is 11.1 Å². The van der Waals surface area contributed by atoms with Gasteiger partial charge in [0.2, 0.25) is 5.71 Å². The number of hydrogen-bond donors (Lipinski definition) is 1. The number of aryl methyl sites for hydroxylation is 2. The quantitative estimate of drug-likeness (QED) is 0.606. The highest BCUT2D eigenvalue weighted by Crippen LogP contribution is 2.20. The van der Waals surface area contributed by atoms with E-state index in [2.05, 4.69) is 34.3 Å². The highest BCUT2D eigenvalue weighted by atomic mass is 16.3. The summed E-state index contributed by atoms with van der Waals surface area (Å²) < 4.78 is 6.83. The van der Waals surface area contributed by atoms with E-state index in [0.29, 0.717) is 12.3 Å². The van der Waals surface area contributed by atoms with Crippen LogP contribution in [-0.2, 0) is 13.6 Å². The molecule has 148 valence electrons. The number of fused-ring (bicyclic) bond motifs is 1. The summed E-state index contributed by atoms with van der Waals surface area (Å²) in [6.45, 7) is 7.03. The van der Waals surface area contributed by atoms with E-state index in [-0.39, 0.29) is 28.1 Å². The molecule has 0 bridgehead atoms. The van der Waals surface area contributed by atoms with Crippen molar-refractivity contribution < 1.29 is 9.21 Å². The first-order chi connectivity index (χ1) is 13.5. The fourth-order valence-corrected chi connectivity index (χ4v) is 3.24. The lowest BCUT2D eigenvalue weighted by Gasteiger charge is -2.20. The fraction of sp³-hybridized carbons (Fsp3) is 0.381. The lowest BCUT2D eigenvalue weighted by Crippen LogP contribution is -2.30. The first-order valence-electron chi connectivity index (χ1n) is 9.50. The van der Waals surface area contributed by atoms with Crippen LogP contribution in [0.5, 0.6) is 0 Å². The van der Waals surface area contributed by atoms with Crippen molar-refractivity contribution in [3.05, 3.63) is 63.9 Å². The zero-order valence-electron chi connectivity index (χ0n) is 16.6. The zero-order valence-corrected chi connectivity index (χ0v) is 16.6. The molecule has 0 radical (unpaired) electrons. The van der Waals surface area contributed by atoms with Crippen LogP contribution in [0, 0.1) is 6.92 Å². The highest BCUT2D eigenvalue weighted by Gasteiger charge is 2.22. The molecule has 0 unspecified atom stereocenters. The van der Waals surface area contributed by atoms with Crippen LogP contribution < -0.4 is 10.9 Å². The summed E-state index contributed by atoms with van der Waals surface area (Å²) >= 11 is 0. The van der Waals surface area contributed by atoms with Gasteiger partial charge in [0, 0.05) is 26.7 Å². The largest absolute Gasteiger partial charge is 0.442 e. The van der Waals surface area contributed by atoms with E-state index in [1.165, 1.54) is 16.5 Å². The molecule has 2 heterocycles. The Morgan fingerprint density at radius 3 is 2.75 bits per heavy atom. The van der Waals surface area contributed by atoms with Gasteiger partial charge in [0.25, 0.3) is 11.5 Å². The molecule has 7 heteroatoms. The van der Waals surface area contributed by atoms with Crippen molar-refractivity contribution in [3.63, 3.8) is 0 Å². The molecular formula is C21H26N4O3. The summed E-state index contributed by atoms with van der Waals surface area (Å²) in [5.74, 6) is 0.107. The third-order valence-electron chi connectivity index (χ3n) is 4.81. The molecule has 0 spiro atoms. The molecule has 7 nitrogen and oxygen atoms in total. The van der Waals surface area contributed by atoms with Crippen molar-refractivity contribution in [2.45, 2.75) is 26.8 Å². The molecule has 0 saturated heterocycles. The summed E-state index contributed by atoms with van der Waals surface area (Å²) in [7, 11) is 1.60. The second-order valence-electron chi connectivity index (χ2n) is 6.84. The number of nitrogens with zero attached hydrogens (tertiary/aromatic N) is 3. The molecule has 1 amide bonds. The maximum absolute atomic E-state index is 12.6. The van der Waals surface area contributed by atoms with E-state index in [9.17, 15) is 9.59 Å². The standard InChI is InChI=1S/C21H26N4O3/c1-4-25(13-16-9-6-5-7-10-16)12-8-11-22-19(26)17-15(2)28-20-18(17)21(27)24(3)14-23-20/h5-7,9-10,14H,4,8,11-13H2,1-3H3,(H,22,26). The number of hydrogen-bond acceptors (Lipinski definition) is 5. The van der Waals surface area contributed by atoms with Gasteiger partial charge in [-0.1, -0.05) is 37.3 Å². The van der Waals surface area contributed by atoms with Crippen molar-refractivity contribution >= 4 is 17.0 Å². The van der Waals surface area contributed by atoms with Crippen molar-refractivity contribution in [1.29, 1.82) is 0 Å². The summed E-state index contributed by atoms with van der Waals surface area (Å²) in [6, 6.07) is 10.3. The molecule has 3 rings (SSSR count). The predicted molar refractivity (Wildman–Crippen MR) is 108 cm³/mol. The Morgan fingerprint density at radius 1 is 1.29 bits per heavy atom. The average Bonchev–Trinajstić information content (AvgIpc) is 3.04. The van der Waals surface area contributed by atoms with Crippen molar-refractivity contribution in [1.82, 2.24) is 19.8 Å². The molecule has 1 N–H and O–H groups in total. The molecule has 1 aromatic carbocycles. The Morgan fingerprint density at radius 2 is 2.04 bits per heavy atom. The van der Waals surface area contributed by atoms with Gasteiger partial charge in [-0.3, -0.25) is 14.5 Å². The van der Waals surface area contributed by atoms with Gasteiger partial charge in [0.1, 0.15) is 17.5 Å². The monoisotopic (exact) mass is 382 g/mol. The van der Waals surface area contributed by atoms with Crippen LogP contribution in [0.1, 0.15) is 35.0 Å². The van der Waals surface area contributed by atoms with Crippen LogP contribution in [0.4, 0.5) is 0 Å². The van der Waals surface area contributed by atoms with Crippen LogP contribution in [0.3, 0.4) is 0 Å². The minimum Gasteiger partial charge on any atom is -0.442 e. The smallest absolute Gasteiger partial charge is 0.265 e. The van der Waals surface area contributed by atoms with Crippen LogP contribution in [0.15, 0.2) is 45.9 Å². The summed E-state index contributed by atoms with van der Waals surface area (Å²) in [4.78, 5) is 31.4. The average molecular weight is 382 g/mol. The minimum atomic E-state index is -0.299. The second kappa shape index (κ2) is 8.84. The van der Waals surface area contributed by atoms with Gasteiger partial charge in [-0.25, -0.2) is 4.98 Å². The summed E-state index contributed by atoms with van der Waals surface area (Å²) in [6.07, 6.45) is 2.21. The third kappa shape index (κ3) is 4.31. The molecule has 0 fully saturated rings. The maximum Gasteiger partial charge on any atom is 0.265 e. The normalized spacial score (nSPS) is 11.3. The number of aromatic nitrogens is 2. The molecule has 0 aliphatic carbocycles. The van der Waals surface area contributed by atoms with Gasteiger partial charge in [0.05, 0.1) is 5.56 Å². The molecule has 0 saturated carbocycles. The fourth-order valence-electron chi connectivity index (χ4n) is 3.24. The van der Waals surface area contributed by atoms with E-state index < -0.39 is 0 Å². The third-order valence-corrected chi connectivity index (χ3v) is 4.81. The SMILES string of the molecule is CCN(CCCNC(=O)c1c(C)oc2ncn(C)c(=O)c12)Cc1ccccc1. The molecule has 3 aromatic rings. The Kier molecular flexibility index (Phi) is 6.26. The maximum atomic E-state index is 12.6. The first-order valence-corrected chi connectivity index (χ1v) is 9.50. The van der Waals surface area contributed by atoms with Gasteiger partial charge >= 0.3 is 0 Å². The minimum absolute atomic E-state index is 0.200. The number of rotatable bonds is 8. The lowest BCUT2D eigenvalue weighted by molar-refractivity contribution is 0.0951. The molecule has 28 heavy (non-hydrogen) atoms. The summed E-state index contributed by atoms with van der Waals surface area (Å²) in [5, 5.41) is 3.14. The second-order valence-corrected chi connectivity index (χ2v) is 6.84. The van der Waals surface area contributed by atoms with Gasteiger partial charge in [-0.15, -0.1) is 0 Å². The van der Waals surface area contributed by atoms with E-state index in [0.717, 1.165) is 26.1 Å². The van der Waals surface area contributed by atoms with Gasteiger partial charge < -0.3 is 14.3 Å². The molecule has 0 aliphatic heterocycles. The zero-order chi connectivity index (χ0) is 20.1. The Labute approximate surface area is 164 Å². The topological polar surface area (TPSA) is 80.4 Å². The van der Waals surface area contributed by atoms with Crippen LogP contribution in [0.2, 0.25) is 0 Å². The highest BCUT2D eigenvalue weighted by molar-refractivity contribution is 6.06. The predicted octanol–water partition coefficient (Wildman–Crippen LogP) is 2.48. The Balaban J connectivity index is 1.59. The Hall–Kier alpha value is -2.93. The van der Waals surface area contributed by atoms with Crippen molar-refractivity contribution in [3.8, 4) is 0 Å². The first kappa shape index (κ1) is 19.8. The number of furan rings is 1. The van der Waals surface area contributed by atoms with Crippen molar-refractivity contribution in [2.24, 2.45) is 7.05 Å². The van der Waals surface area contributed by atoms with Crippen LogP contribution >= 0.6 is 0 Å². The van der Waals surface area contributed by atoms with Crippen molar-refractivity contribution in [2.75, 3.05) is 19.6 Å². The number of amides is 1. The Bertz CT molecular complexity index is 1010. The molecule has 0 atom stereocenters.